The van der Waals surface area contributed by atoms with E-state index >= 15 is 0 Å². The maximum absolute atomic E-state index is 5.07. The fraction of sp³-hybridized carbons (Fsp3) is 0.350. The normalized spacial score (nSPS) is 16.4. The van der Waals surface area contributed by atoms with Crippen LogP contribution < -0.4 is 0 Å². The van der Waals surface area contributed by atoms with Gasteiger partial charge in [-0.25, -0.2) is 0 Å². The standard InChI is InChI=1S/C21H25.C7H7.C7H11.C5H5.Hf/c1-20(2,3)16-7-9-18-14(12-16)11-15-13-17(21(4,5)6)8-10-19(15)18;1-7-5-3-2-4-6-7;1-3-5-7-6-4-2;1-2-4-5-3-1;/h7-13H,1-6H3;2-6H,1H2;3H,1-2,5-7H2;1-5H;. The molecule has 1 heteroatoms. The Morgan fingerprint density at radius 3 is 1.80 bits per heavy atom. The Hall–Kier alpha value is -2.51. The number of hydrogen-bond acceptors (Lipinski definition) is 0. The first-order valence-corrected chi connectivity index (χ1v) is 23.9. The van der Waals surface area contributed by atoms with E-state index in [0.29, 0.717) is 7.35 Å². The molecule has 3 aromatic rings. The molecule has 0 radical (unpaired) electrons. The topological polar surface area (TPSA) is 0 Å². The number of allylic oxidation sites excluding steroid dienone is 6. The zero-order valence-corrected chi connectivity index (χ0v) is 29.7. The van der Waals surface area contributed by atoms with Crippen molar-refractivity contribution in [2.24, 2.45) is 0 Å². The Kier molecular flexibility index (Phi) is 8.51. The second kappa shape index (κ2) is 11.6. The van der Waals surface area contributed by atoms with Gasteiger partial charge in [0, 0.05) is 0 Å². The van der Waals surface area contributed by atoms with Gasteiger partial charge >= 0.3 is 256 Å². The van der Waals surface area contributed by atoms with Crippen molar-refractivity contribution < 1.29 is 20.0 Å². The first-order chi connectivity index (χ1) is 19.5. The van der Waals surface area contributed by atoms with Gasteiger partial charge in [0.25, 0.3) is 0 Å². The third kappa shape index (κ3) is 5.77. The third-order valence-corrected chi connectivity index (χ3v) is 30.3. The minimum absolute atomic E-state index is 0.0953. The van der Waals surface area contributed by atoms with Crippen LogP contribution in [0.5, 0.6) is 0 Å². The molecule has 0 N–H and O–H groups in total. The van der Waals surface area contributed by atoms with Gasteiger partial charge in [-0.2, -0.15) is 0 Å². The molecule has 0 saturated carbocycles. The van der Waals surface area contributed by atoms with Crippen LogP contribution in [0.1, 0.15) is 92.3 Å². The quantitative estimate of drug-likeness (QED) is 0.118. The first kappa shape index (κ1) is 30.0. The van der Waals surface area contributed by atoms with Crippen molar-refractivity contribution in [2.75, 3.05) is 0 Å². The van der Waals surface area contributed by atoms with Crippen LogP contribution in [0.2, 0.25) is 3.67 Å². The molecule has 1 atom stereocenters. The van der Waals surface area contributed by atoms with Crippen molar-refractivity contribution in [3.63, 3.8) is 0 Å². The Morgan fingerprint density at radius 2 is 1.32 bits per heavy atom. The van der Waals surface area contributed by atoms with Gasteiger partial charge in [-0.15, -0.1) is 0 Å². The van der Waals surface area contributed by atoms with Gasteiger partial charge in [0.15, 0.2) is 0 Å². The van der Waals surface area contributed by atoms with E-state index in [4.69, 9.17) is 6.58 Å². The van der Waals surface area contributed by atoms with E-state index in [1.54, 1.807) is 14.5 Å². The summed E-state index contributed by atoms with van der Waals surface area (Å²) < 4.78 is 3.66. The Balaban J connectivity index is 1.83. The molecule has 5 rings (SSSR count). The second-order valence-electron chi connectivity index (χ2n) is 14.3. The number of benzene rings is 3. The molecule has 0 saturated heterocycles. The predicted molar refractivity (Wildman–Crippen MR) is 176 cm³/mol. The number of rotatable bonds is 9. The van der Waals surface area contributed by atoms with E-state index in [-0.39, 0.29) is 10.8 Å². The average Bonchev–Trinajstić information content (AvgIpc) is 3.58. The first-order valence-electron chi connectivity index (χ1n) is 15.4. The summed E-state index contributed by atoms with van der Waals surface area (Å²) >= 11 is -3.70. The summed E-state index contributed by atoms with van der Waals surface area (Å²) in [6, 6.07) is 26.2. The van der Waals surface area contributed by atoms with Crippen LogP contribution in [0.3, 0.4) is 0 Å². The fourth-order valence-electron chi connectivity index (χ4n) is 7.13. The van der Waals surface area contributed by atoms with Gasteiger partial charge in [0.1, 0.15) is 0 Å². The van der Waals surface area contributed by atoms with Gasteiger partial charge in [-0.1, -0.05) is 0 Å². The van der Waals surface area contributed by atoms with Gasteiger partial charge in [0.2, 0.25) is 0 Å². The third-order valence-electron chi connectivity index (χ3n) is 9.49. The van der Waals surface area contributed by atoms with Crippen LogP contribution in [0.4, 0.5) is 0 Å². The van der Waals surface area contributed by atoms with Crippen LogP contribution in [-0.2, 0) is 35.0 Å². The molecule has 2 aliphatic rings. The van der Waals surface area contributed by atoms with Crippen LogP contribution in [0.25, 0.3) is 11.1 Å². The molecular formula is C40H48Hf. The summed E-state index contributed by atoms with van der Waals surface area (Å²) in [7, 11) is 0. The zero-order chi connectivity index (χ0) is 29.4. The monoisotopic (exact) mass is 708 g/mol. The fourth-order valence-corrected chi connectivity index (χ4v) is 28.7. The molecule has 0 nitrogen and oxygen atoms in total. The van der Waals surface area contributed by atoms with Gasteiger partial charge in [-0.3, -0.25) is 0 Å². The molecular weight excluding hydrogens is 659 g/mol. The number of unbranched alkanes of at least 4 members (excludes halogenated alkanes) is 1. The molecule has 2 aliphatic carbocycles. The molecule has 0 aliphatic heterocycles. The molecule has 3 aromatic carbocycles. The van der Waals surface area contributed by atoms with Crippen molar-refractivity contribution in [3.8, 4) is 11.1 Å². The summed E-state index contributed by atoms with van der Waals surface area (Å²) in [6.45, 7) is 23.2. The molecule has 0 fully saturated rings. The molecule has 0 bridgehead atoms. The summed E-state index contributed by atoms with van der Waals surface area (Å²) in [6.07, 6.45) is 15.0. The minimum atomic E-state index is -3.70. The summed E-state index contributed by atoms with van der Waals surface area (Å²) in [5.41, 5.74) is 10.5. The van der Waals surface area contributed by atoms with E-state index in [2.05, 4.69) is 145 Å². The van der Waals surface area contributed by atoms with Crippen LogP contribution in [0.15, 0.2) is 114 Å². The molecule has 0 heterocycles. The molecule has 0 amide bonds. The van der Waals surface area contributed by atoms with Crippen molar-refractivity contribution in [3.05, 3.63) is 141 Å². The maximum atomic E-state index is 5.07. The number of fused-ring (bicyclic) bond motifs is 3. The van der Waals surface area contributed by atoms with Crippen LogP contribution in [0, 0.1) is 0 Å². The van der Waals surface area contributed by atoms with E-state index in [1.807, 2.05) is 0 Å². The molecule has 1 unspecified atom stereocenters. The van der Waals surface area contributed by atoms with E-state index in [0.717, 1.165) is 19.3 Å². The SMILES string of the molecule is C=CCCC[C](=C)[Hf]([CH2]c1ccccc1)([CH]1C=CC=C1)[CH]1c2cc(C(C)(C)C)ccc2-c2ccc(C(C)(C)C)cc21. The molecule has 212 valence electrons. The summed E-state index contributed by atoms with van der Waals surface area (Å²) in [5, 5.41) is 0. The second-order valence-corrected chi connectivity index (χ2v) is 30.1. The molecule has 0 spiro atoms. The zero-order valence-electron chi connectivity index (χ0n) is 26.1. The van der Waals surface area contributed by atoms with E-state index in [9.17, 15) is 0 Å². The van der Waals surface area contributed by atoms with E-state index in [1.165, 1.54) is 32.0 Å². The Bertz CT molecular complexity index is 1410. The van der Waals surface area contributed by atoms with Gasteiger partial charge in [0.05, 0.1) is 0 Å². The summed E-state index contributed by atoms with van der Waals surface area (Å²) in [4.78, 5) is 0. The Labute approximate surface area is 254 Å². The average molecular weight is 707 g/mol. The predicted octanol–water partition coefficient (Wildman–Crippen LogP) is 11.5. The van der Waals surface area contributed by atoms with Crippen molar-refractivity contribution in [2.45, 2.75) is 83.2 Å². The number of hydrogen-bond donors (Lipinski definition) is 0. The van der Waals surface area contributed by atoms with Gasteiger partial charge < -0.3 is 0 Å². The van der Waals surface area contributed by atoms with Gasteiger partial charge in [-0.05, 0) is 0 Å². The van der Waals surface area contributed by atoms with Crippen molar-refractivity contribution in [1.29, 1.82) is 0 Å². The van der Waals surface area contributed by atoms with Crippen LogP contribution in [-0.4, -0.2) is 0 Å². The van der Waals surface area contributed by atoms with E-state index < -0.39 is 20.0 Å². The van der Waals surface area contributed by atoms with Crippen molar-refractivity contribution in [1.82, 2.24) is 0 Å². The van der Waals surface area contributed by atoms with Crippen LogP contribution >= 0.6 is 0 Å². The molecule has 41 heavy (non-hydrogen) atoms. The summed E-state index contributed by atoms with van der Waals surface area (Å²) in [5.74, 6) is 0. The molecule has 0 aromatic heterocycles. The Morgan fingerprint density at radius 1 is 0.780 bits per heavy atom. The van der Waals surface area contributed by atoms with Crippen molar-refractivity contribution >= 4 is 0 Å².